The Bertz CT molecular complexity index is 794. The third kappa shape index (κ3) is 6.73. The highest BCUT2D eigenvalue weighted by Gasteiger charge is 2.20. The second-order valence-electron chi connectivity index (χ2n) is 6.16. The van der Waals surface area contributed by atoms with E-state index in [9.17, 15) is 10.1 Å². The van der Waals surface area contributed by atoms with Crippen molar-refractivity contribution in [3.05, 3.63) is 62.6 Å². The predicted octanol–water partition coefficient (Wildman–Crippen LogP) is 6.06. The van der Waals surface area contributed by atoms with Gasteiger partial charge >= 0.3 is 5.09 Å². The number of imidazole rings is 1. The topological polar surface area (TPSA) is 79.4 Å². The van der Waals surface area contributed by atoms with Crippen LogP contribution in [0.25, 0.3) is 11.6 Å². The molecule has 0 saturated carbocycles. The molecule has 0 aliphatic carbocycles. The smallest absolute Gasteiger partial charge is 0.301 e. The van der Waals surface area contributed by atoms with E-state index in [1.807, 2.05) is 0 Å². The number of aromatic nitrogens is 2. The summed E-state index contributed by atoms with van der Waals surface area (Å²) in [5.41, 5.74) is 0.447. The predicted molar refractivity (Wildman–Crippen MR) is 109 cm³/mol. The van der Waals surface area contributed by atoms with Gasteiger partial charge in [0.1, 0.15) is 6.33 Å². The molecular formula is C19H23Cl2N3O4. The van der Waals surface area contributed by atoms with Crippen molar-refractivity contribution in [3.8, 4) is 0 Å². The molecule has 0 amide bonds. The van der Waals surface area contributed by atoms with E-state index in [0.717, 1.165) is 19.3 Å². The number of unbranched alkanes of at least 4 members (excludes halogenated alkanes) is 5. The van der Waals surface area contributed by atoms with E-state index in [4.69, 9.17) is 32.8 Å². The van der Waals surface area contributed by atoms with Gasteiger partial charge in [-0.3, -0.25) is 9.40 Å². The fourth-order valence-corrected chi connectivity index (χ4v) is 3.13. The van der Waals surface area contributed by atoms with Gasteiger partial charge in [-0.2, -0.15) is 0 Å². The molecule has 7 nitrogen and oxygen atoms in total. The van der Waals surface area contributed by atoms with Crippen LogP contribution in [-0.4, -0.2) is 21.2 Å². The van der Waals surface area contributed by atoms with E-state index in [2.05, 4.69) is 11.9 Å². The monoisotopic (exact) mass is 427 g/mol. The lowest BCUT2D eigenvalue weighted by atomic mass is 10.1. The van der Waals surface area contributed by atoms with Crippen molar-refractivity contribution in [2.45, 2.75) is 45.4 Å². The largest absolute Gasteiger partial charge is 0.489 e. The number of hydrogen-bond acceptors (Lipinski definition) is 5. The molecule has 0 atom stereocenters. The van der Waals surface area contributed by atoms with E-state index in [0.29, 0.717) is 22.2 Å². The summed E-state index contributed by atoms with van der Waals surface area (Å²) < 4.78 is 7.28. The van der Waals surface area contributed by atoms with Crippen LogP contribution < -0.4 is 0 Å². The molecule has 1 aromatic carbocycles. The number of rotatable bonds is 12. The van der Waals surface area contributed by atoms with Gasteiger partial charge in [0, 0.05) is 23.0 Å². The van der Waals surface area contributed by atoms with Gasteiger partial charge in [0.15, 0.2) is 5.76 Å². The Balaban J connectivity index is 2.28. The Morgan fingerprint density at radius 2 is 1.96 bits per heavy atom. The summed E-state index contributed by atoms with van der Waals surface area (Å²) in [6, 6.07) is 4.82. The maximum atomic E-state index is 11.1. The Morgan fingerprint density at radius 3 is 2.61 bits per heavy atom. The van der Waals surface area contributed by atoms with Crippen molar-refractivity contribution in [2.75, 3.05) is 6.61 Å². The minimum atomic E-state index is -0.896. The first-order chi connectivity index (χ1) is 13.5. The molecule has 1 aromatic heterocycles. The Hall–Kier alpha value is -2.25. The van der Waals surface area contributed by atoms with Crippen LogP contribution in [0.4, 0.5) is 0 Å². The summed E-state index contributed by atoms with van der Waals surface area (Å²) in [5, 5.41) is 10.9. The van der Waals surface area contributed by atoms with Gasteiger partial charge in [0.2, 0.25) is 5.88 Å². The fraction of sp³-hybridized carbons (Fsp3) is 0.421. The van der Waals surface area contributed by atoms with Crippen LogP contribution in [-0.2, 0) is 9.57 Å². The molecule has 0 spiro atoms. The van der Waals surface area contributed by atoms with Gasteiger partial charge in [-0.05, 0) is 24.6 Å². The molecule has 1 heterocycles. The van der Waals surface area contributed by atoms with Gasteiger partial charge in [-0.15, -0.1) is 10.1 Å². The Kier molecular flexibility index (Phi) is 9.10. The molecule has 0 radical (unpaired) electrons. The van der Waals surface area contributed by atoms with Crippen LogP contribution in [0.5, 0.6) is 0 Å². The second-order valence-corrected chi connectivity index (χ2v) is 7.00. The van der Waals surface area contributed by atoms with Gasteiger partial charge in [0.05, 0.1) is 11.6 Å². The SMILES string of the molecule is CCCCCCCCO/C(=C(/O[N+](=O)[O-])n1ccnc1)c1ccc(Cl)cc1Cl. The average molecular weight is 428 g/mol. The van der Waals surface area contributed by atoms with E-state index in [1.54, 1.807) is 18.2 Å². The van der Waals surface area contributed by atoms with Gasteiger partial charge in [-0.1, -0.05) is 62.2 Å². The van der Waals surface area contributed by atoms with Gasteiger partial charge in [-0.25, -0.2) is 4.98 Å². The fourth-order valence-electron chi connectivity index (χ4n) is 2.64. The summed E-state index contributed by atoms with van der Waals surface area (Å²) >= 11 is 12.3. The van der Waals surface area contributed by atoms with Crippen molar-refractivity contribution in [2.24, 2.45) is 0 Å². The van der Waals surface area contributed by atoms with Crippen molar-refractivity contribution in [1.29, 1.82) is 0 Å². The van der Waals surface area contributed by atoms with E-state index in [-0.39, 0.29) is 11.6 Å². The standard InChI is InChI=1S/C19H23Cl2N3O4/c1-2-3-4-5-6-7-12-27-18(16-9-8-15(20)13-17(16)21)19(28-24(25)26)23-11-10-22-14-23/h8-11,13-14H,2-7,12H2,1H3/b19-18+. The number of nitrogens with zero attached hydrogens (tertiary/aromatic N) is 3. The Labute approximate surface area is 174 Å². The zero-order valence-electron chi connectivity index (χ0n) is 15.6. The molecule has 2 aromatic rings. The van der Waals surface area contributed by atoms with Crippen LogP contribution in [0.2, 0.25) is 10.0 Å². The van der Waals surface area contributed by atoms with Crippen LogP contribution >= 0.6 is 23.2 Å². The maximum Gasteiger partial charge on any atom is 0.301 e. The number of hydrogen-bond donors (Lipinski definition) is 0. The van der Waals surface area contributed by atoms with Crippen LogP contribution in [0.3, 0.4) is 0 Å². The Morgan fingerprint density at radius 1 is 1.21 bits per heavy atom. The molecule has 0 aliphatic heterocycles. The minimum absolute atomic E-state index is 0.127. The first-order valence-electron chi connectivity index (χ1n) is 9.16. The molecular weight excluding hydrogens is 405 g/mol. The first-order valence-corrected chi connectivity index (χ1v) is 9.91. The van der Waals surface area contributed by atoms with Crippen molar-refractivity contribution >= 4 is 34.8 Å². The molecule has 9 heteroatoms. The molecule has 2 rings (SSSR count). The third-order valence-electron chi connectivity index (χ3n) is 4.01. The minimum Gasteiger partial charge on any atom is -0.489 e. The lowest BCUT2D eigenvalue weighted by molar-refractivity contribution is -0.731. The van der Waals surface area contributed by atoms with E-state index in [1.165, 1.54) is 42.6 Å². The van der Waals surface area contributed by atoms with Gasteiger partial charge in [0.25, 0.3) is 0 Å². The van der Waals surface area contributed by atoms with Crippen molar-refractivity contribution in [3.63, 3.8) is 0 Å². The highest BCUT2D eigenvalue weighted by molar-refractivity contribution is 6.35. The second kappa shape index (κ2) is 11.6. The quantitative estimate of drug-likeness (QED) is 0.178. The molecule has 0 fully saturated rings. The highest BCUT2D eigenvalue weighted by Crippen LogP contribution is 2.32. The van der Waals surface area contributed by atoms with Crippen LogP contribution in [0.1, 0.15) is 51.0 Å². The zero-order chi connectivity index (χ0) is 20.4. The number of benzene rings is 1. The molecule has 0 saturated heterocycles. The molecule has 0 N–H and O–H groups in total. The lowest BCUT2D eigenvalue weighted by Gasteiger charge is -2.17. The summed E-state index contributed by atoms with van der Waals surface area (Å²) in [6.07, 6.45) is 10.9. The molecule has 152 valence electrons. The lowest BCUT2D eigenvalue weighted by Crippen LogP contribution is -2.10. The van der Waals surface area contributed by atoms with Crippen molar-refractivity contribution in [1.82, 2.24) is 9.55 Å². The normalized spacial score (nSPS) is 11.8. The number of halogens is 2. The zero-order valence-corrected chi connectivity index (χ0v) is 17.2. The van der Waals surface area contributed by atoms with Gasteiger partial charge < -0.3 is 4.74 Å². The van der Waals surface area contributed by atoms with Crippen molar-refractivity contribution < 1.29 is 14.7 Å². The third-order valence-corrected chi connectivity index (χ3v) is 4.56. The molecule has 0 aliphatic rings. The van der Waals surface area contributed by atoms with E-state index < -0.39 is 5.09 Å². The van der Waals surface area contributed by atoms with Crippen LogP contribution in [0, 0.1) is 10.1 Å². The highest BCUT2D eigenvalue weighted by atomic mass is 35.5. The molecule has 28 heavy (non-hydrogen) atoms. The van der Waals surface area contributed by atoms with E-state index >= 15 is 0 Å². The average Bonchev–Trinajstić information content (AvgIpc) is 3.18. The molecule has 0 unspecified atom stereocenters. The first kappa shape index (κ1) is 22.0. The summed E-state index contributed by atoms with van der Waals surface area (Å²) in [5.74, 6) is 0.0302. The summed E-state index contributed by atoms with van der Waals surface area (Å²) in [7, 11) is 0. The molecule has 0 bridgehead atoms. The summed E-state index contributed by atoms with van der Waals surface area (Å²) in [4.78, 5) is 19.8. The maximum absolute atomic E-state index is 11.1. The number of ether oxygens (including phenoxy) is 1. The van der Waals surface area contributed by atoms with Crippen LogP contribution in [0.15, 0.2) is 36.9 Å². The summed E-state index contributed by atoms with van der Waals surface area (Å²) in [6.45, 7) is 2.54.